The molecule has 0 atom stereocenters. The Balaban J connectivity index is 1.60. The third-order valence-electron chi connectivity index (χ3n) is 4.30. The second-order valence-electron chi connectivity index (χ2n) is 7.39. The van der Waals surface area contributed by atoms with Crippen molar-refractivity contribution in [3.63, 3.8) is 0 Å². The molecule has 7 nitrogen and oxygen atoms in total. The van der Waals surface area contributed by atoms with Gasteiger partial charge in [-0.3, -0.25) is 19.3 Å². The Kier molecular flexibility index (Phi) is 8.33. The molecule has 0 aliphatic carbocycles. The molecule has 168 valence electrons. The second kappa shape index (κ2) is 11.4. The molecular formula is C24H25NO6S. The summed E-state index contributed by atoms with van der Waals surface area (Å²) in [7, 11) is 0. The minimum Gasteiger partial charge on any atom is -0.490 e. The van der Waals surface area contributed by atoms with Gasteiger partial charge in [0.2, 0.25) is 0 Å². The van der Waals surface area contributed by atoms with Gasteiger partial charge in [0.1, 0.15) is 31.3 Å². The molecule has 32 heavy (non-hydrogen) atoms. The fraction of sp³-hybridized carbons (Fsp3) is 0.292. The minimum absolute atomic E-state index is 0.170. The Bertz CT molecular complexity index is 989. The zero-order valence-corrected chi connectivity index (χ0v) is 18.8. The zero-order valence-electron chi connectivity index (χ0n) is 18.0. The van der Waals surface area contributed by atoms with Crippen molar-refractivity contribution in [1.82, 2.24) is 4.90 Å². The average Bonchev–Trinajstić information content (AvgIpc) is 3.04. The summed E-state index contributed by atoms with van der Waals surface area (Å²) in [4.78, 5) is 38.0. The van der Waals surface area contributed by atoms with Gasteiger partial charge >= 0.3 is 5.97 Å². The summed E-state index contributed by atoms with van der Waals surface area (Å²) in [5, 5.41) is -0.502. The monoisotopic (exact) mass is 455 g/mol. The molecule has 3 rings (SSSR count). The maximum absolute atomic E-state index is 12.7. The quantitative estimate of drug-likeness (QED) is 0.299. The van der Waals surface area contributed by atoms with Crippen molar-refractivity contribution in [2.24, 2.45) is 5.92 Å². The van der Waals surface area contributed by atoms with Gasteiger partial charge < -0.3 is 14.2 Å². The largest absolute Gasteiger partial charge is 0.490 e. The number of hydrogen-bond donors (Lipinski definition) is 0. The Hall–Kier alpha value is -3.26. The molecule has 1 saturated heterocycles. The Morgan fingerprint density at radius 2 is 1.69 bits per heavy atom. The number of thioether (sulfide) groups is 1. The lowest BCUT2D eigenvalue weighted by molar-refractivity contribution is -0.147. The molecule has 0 unspecified atom stereocenters. The van der Waals surface area contributed by atoms with E-state index in [-0.39, 0.29) is 17.4 Å². The first-order valence-corrected chi connectivity index (χ1v) is 11.1. The lowest BCUT2D eigenvalue weighted by atomic mass is 10.2. The first-order valence-electron chi connectivity index (χ1n) is 10.2. The van der Waals surface area contributed by atoms with Crippen LogP contribution in [0.3, 0.4) is 0 Å². The van der Waals surface area contributed by atoms with E-state index in [4.69, 9.17) is 14.2 Å². The predicted molar refractivity (Wildman–Crippen MR) is 122 cm³/mol. The second-order valence-corrected chi connectivity index (χ2v) is 8.39. The number of benzene rings is 2. The maximum atomic E-state index is 12.7. The van der Waals surface area contributed by atoms with Crippen molar-refractivity contribution in [1.29, 1.82) is 0 Å². The summed E-state index contributed by atoms with van der Waals surface area (Å²) in [6, 6.07) is 16.6. The molecule has 0 spiro atoms. The van der Waals surface area contributed by atoms with Crippen LogP contribution in [-0.2, 0) is 14.3 Å². The third kappa shape index (κ3) is 6.62. The number of hydrogen-bond acceptors (Lipinski definition) is 7. The highest BCUT2D eigenvalue weighted by Crippen LogP contribution is 2.33. The van der Waals surface area contributed by atoms with Gasteiger partial charge in [0, 0.05) is 5.56 Å². The fourth-order valence-electron chi connectivity index (χ4n) is 2.77. The van der Waals surface area contributed by atoms with Crippen LogP contribution in [0.4, 0.5) is 4.79 Å². The van der Waals surface area contributed by atoms with Gasteiger partial charge in [-0.1, -0.05) is 50.2 Å². The van der Waals surface area contributed by atoms with Crippen molar-refractivity contribution < 1.29 is 28.6 Å². The number of para-hydroxylation sites is 2. The molecule has 2 aromatic carbocycles. The van der Waals surface area contributed by atoms with Crippen LogP contribution in [0.2, 0.25) is 0 Å². The standard InChI is InChI=1S/C24H25NO6S/c1-17(2)16-31-22(26)15-25-23(27)21(32-24(25)28)14-18-8-6-7-11-20(18)30-13-12-29-19-9-4-3-5-10-19/h3-11,14,17H,12-13,15-16H2,1-2H3/b21-14+. The molecule has 0 aromatic heterocycles. The van der Waals surface area contributed by atoms with Gasteiger partial charge in [-0.25, -0.2) is 0 Å². The van der Waals surface area contributed by atoms with Crippen LogP contribution in [0.1, 0.15) is 19.4 Å². The van der Waals surface area contributed by atoms with Crippen LogP contribution in [0.15, 0.2) is 59.5 Å². The molecule has 1 heterocycles. The number of nitrogens with zero attached hydrogens (tertiary/aromatic N) is 1. The van der Waals surface area contributed by atoms with Crippen LogP contribution in [0.25, 0.3) is 6.08 Å². The summed E-state index contributed by atoms with van der Waals surface area (Å²) in [6.45, 7) is 4.32. The normalized spacial score (nSPS) is 14.8. The van der Waals surface area contributed by atoms with E-state index in [9.17, 15) is 14.4 Å². The number of ether oxygens (including phenoxy) is 3. The van der Waals surface area contributed by atoms with Crippen LogP contribution < -0.4 is 9.47 Å². The van der Waals surface area contributed by atoms with E-state index >= 15 is 0 Å². The van der Waals surface area contributed by atoms with E-state index < -0.39 is 23.7 Å². The van der Waals surface area contributed by atoms with E-state index in [0.29, 0.717) is 24.5 Å². The van der Waals surface area contributed by atoms with Crippen LogP contribution in [-0.4, -0.2) is 48.4 Å². The minimum atomic E-state index is -0.607. The van der Waals surface area contributed by atoms with Crippen LogP contribution >= 0.6 is 11.8 Å². The average molecular weight is 456 g/mol. The maximum Gasteiger partial charge on any atom is 0.326 e. The first kappa shape index (κ1) is 23.4. The molecule has 8 heteroatoms. The first-order chi connectivity index (χ1) is 15.4. The summed E-state index contributed by atoms with van der Waals surface area (Å²) in [6.07, 6.45) is 1.59. The van der Waals surface area contributed by atoms with E-state index in [2.05, 4.69) is 0 Å². The van der Waals surface area contributed by atoms with Crippen molar-refractivity contribution in [3.8, 4) is 11.5 Å². The fourth-order valence-corrected chi connectivity index (χ4v) is 3.60. The SMILES string of the molecule is CC(C)COC(=O)CN1C(=O)S/C(=C/c2ccccc2OCCOc2ccccc2)C1=O. The van der Waals surface area contributed by atoms with Crippen molar-refractivity contribution >= 4 is 35.0 Å². The van der Waals surface area contributed by atoms with Crippen molar-refractivity contribution in [2.45, 2.75) is 13.8 Å². The van der Waals surface area contributed by atoms with Crippen LogP contribution in [0, 0.1) is 5.92 Å². The summed E-state index contributed by atoms with van der Waals surface area (Å²) >= 11 is 0.788. The number of rotatable bonds is 10. The van der Waals surface area contributed by atoms with Gasteiger partial charge in [-0.2, -0.15) is 0 Å². The smallest absolute Gasteiger partial charge is 0.326 e. The van der Waals surface area contributed by atoms with E-state index in [0.717, 1.165) is 22.4 Å². The lowest BCUT2D eigenvalue weighted by Gasteiger charge is -2.13. The Morgan fingerprint density at radius 3 is 2.44 bits per heavy atom. The molecule has 2 amide bonds. The van der Waals surface area contributed by atoms with E-state index in [1.54, 1.807) is 18.2 Å². The Morgan fingerprint density at radius 1 is 1.00 bits per heavy atom. The molecule has 1 aliphatic rings. The molecular weight excluding hydrogens is 430 g/mol. The van der Waals surface area contributed by atoms with Crippen molar-refractivity contribution in [2.75, 3.05) is 26.4 Å². The molecule has 1 fully saturated rings. The number of carbonyl (C=O) groups excluding carboxylic acids is 3. The molecule has 2 aromatic rings. The summed E-state index contributed by atoms with van der Waals surface area (Å²) < 4.78 is 16.5. The number of imide groups is 1. The number of esters is 1. The van der Waals surface area contributed by atoms with E-state index in [1.807, 2.05) is 56.3 Å². The van der Waals surface area contributed by atoms with Crippen molar-refractivity contribution in [3.05, 3.63) is 65.1 Å². The third-order valence-corrected chi connectivity index (χ3v) is 5.20. The molecule has 0 N–H and O–H groups in total. The molecule has 0 bridgehead atoms. The highest BCUT2D eigenvalue weighted by molar-refractivity contribution is 8.18. The lowest BCUT2D eigenvalue weighted by Crippen LogP contribution is -2.34. The number of carbonyl (C=O) groups is 3. The topological polar surface area (TPSA) is 82.1 Å². The molecule has 1 aliphatic heterocycles. The van der Waals surface area contributed by atoms with Gasteiger partial charge in [0.05, 0.1) is 11.5 Å². The molecule has 0 saturated carbocycles. The van der Waals surface area contributed by atoms with Gasteiger partial charge in [-0.05, 0) is 42.0 Å². The Labute approximate surface area is 191 Å². The summed E-state index contributed by atoms with van der Waals surface area (Å²) in [5.74, 6) is 0.355. The van der Waals surface area contributed by atoms with Gasteiger partial charge in [-0.15, -0.1) is 0 Å². The zero-order chi connectivity index (χ0) is 22.9. The van der Waals surface area contributed by atoms with Gasteiger partial charge in [0.15, 0.2) is 0 Å². The summed E-state index contributed by atoms with van der Waals surface area (Å²) in [5.41, 5.74) is 0.653. The highest BCUT2D eigenvalue weighted by atomic mass is 32.2. The number of amides is 2. The highest BCUT2D eigenvalue weighted by Gasteiger charge is 2.36. The molecule has 0 radical (unpaired) electrons. The van der Waals surface area contributed by atoms with E-state index in [1.165, 1.54) is 0 Å². The van der Waals surface area contributed by atoms with Gasteiger partial charge in [0.25, 0.3) is 11.1 Å². The van der Waals surface area contributed by atoms with Crippen LogP contribution in [0.5, 0.6) is 11.5 Å². The predicted octanol–water partition coefficient (Wildman–Crippen LogP) is 4.38.